The first kappa shape index (κ1) is 15.2. The summed E-state index contributed by atoms with van der Waals surface area (Å²) in [5, 5.41) is 2.75. The SMILES string of the molecule is CCCS(=O)(=O)NC1CCN(C(=O)NCC)CC1. The number of likely N-dealkylation sites (tertiary alicyclic amines) is 1. The molecule has 18 heavy (non-hydrogen) atoms. The molecule has 0 spiro atoms. The summed E-state index contributed by atoms with van der Waals surface area (Å²) < 4.78 is 25.9. The fraction of sp³-hybridized carbons (Fsp3) is 0.909. The molecule has 6 nitrogen and oxygen atoms in total. The molecule has 1 rings (SSSR count). The first-order chi connectivity index (χ1) is 8.48. The van der Waals surface area contributed by atoms with Crippen molar-refractivity contribution in [1.82, 2.24) is 14.9 Å². The van der Waals surface area contributed by atoms with Crippen molar-refractivity contribution in [3.8, 4) is 0 Å². The number of urea groups is 1. The number of hydrogen-bond donors (Lipinski definition) is 2. The average Bonchev–Trinajstić information content (AvgIpc) is 2.29. The van der Waals surface area contributed by atoms with Crippen LogP contribution in [0.25, 0.3) is 0 Å². The van der Waals surface area contributed by atoms with Crippen LogP contribution in [0.4, 0.5) is 4.79 Å². The zero-order valence-electron chi connectivity index (χ0n) is 11.1. The van der Waals surface area contributed by atoms with Gasteiger partial charge < -0.3 is 10.2 Å². The van der Waals surface area contributed by atoms with Gasteiger partial charge in [-0.2, -0.15) is 0 Å². The lowest BCUT2D eigenvalue weighted by atomic mass is 10.1. The zero-order chi connectivity index (χ0) is 13.6. The van der Waals surface area contributed by atoms with Gasteiger partial charge in [0, 0.05) is 25.7 Å². The van der Waals surface area contributed by atoms with E-state index in [2.05, 4.69) is 10.0 Å². The number of rotatable bonds is 5. The Kier molecular flexibility index (Phi) is 5.87. The van der Waals surface area contributed by atoms with E-state index in [9.17, 15) is 13.2 Å². The van der Waals surface area contributed by atoms with Crippen molar-refractivity contribution < 1.29 is 13.2 Å². The number of carbonyl (C=O) groups excluding carboxylic acids is 1. The summed E-state index contributed by atoms with van der Waals surface area (Å²) in [6.07, 6.45) is 1.98. The van der Waals surface area contributed by atoms with E-state index in [1.165, 1.54) is 0 Å². The summed E-state index contributed by atoms with van der Waals surface area (Å²) in [5.41, 5.74) is 0. The Morgan fingerprint density at radius 3 is 2.39 bits per heavy atom. The van der Waals surface area contributed by atoms with E-state index in [1.807, 2.05) is 13.8 Å². The largest absolute Gasteiger partial charge is 0.338 e. The summed E-state index contributed by atoms with van der Waals surface area (Å²) in [6.45, 7) is 5.54. The maximum absolute atomic E-state index is 11.6. The quantitative estimate of drug-likeness (QED) is 0.768. The molecule has 2 N–H and O–H groups in total. The second-order valence-corrected chi connectivity index (χ2v) is 6.41. The van der Waals surface area contributed by atoms with E-state index in [-0.39, 0.29) is 17.8 Å². The highest BCUT2D eigenvalue weighted by Crippen LogP contribution is 2.11. The second-order valence-electron chi connectivity index (χ2n) is 4.53. The number of nitrogens with zero attached hydrogens (tertiary/aromatic N) is 1. The molecule has 106 valence electrons. The number of piperidine rings is 1. The van der Waals surface area contributed by atoms with Crippen molar-refractivity contribution in [1.29, 1.82) is 0 Å². The highest BCUT2D eigenvalue weighted by atomic mass is 32.2. The lowest BCUT2D eigenvalue weighted by Crippen LogP contribution is -2.49. The summed E-state index contributed by atoms with van der Waals surface area (Å²) in [7, 11) is -3.15. The van der Waals surface area contributed by atoms with Gasteiger partial charge >= 0.3 is 6.03 Å². The summed E-state index contributed by atoms with van der Waals surface area (Å²) >= 11 is 0. The molecule has 1 aliphatic rings. The highest BCUT2D eigenvalue weighted by molar-refractivity contribution is 7.89. The Hall–Kier alpha value is -0.820. The Labute approximate surface area is 109 Å². The molecule has 1 heterocycles. The summed E-state index contributed by atoms with van der Waals surface area (Å²) in [5.74, 6) is 0.170. The monoisotopic (exact) mass is 277 g/mol. The normalized spacial score (nSPS) is 17.8. The Morgan fingerprint density at radius 1 is 1.28 bits per heavy atom. The van der Waals surface area contributed by atoms with Crippen LogP contribution in [0.3, 0.4) is 0 Å². The van der Waals surface area contributed by atoms with Gasteiger partial charge in [0.25, 0.3) is 0 Å². The van der Waals surface area contributed by atoms with Gasteiger partial charge in [-0.3, -0.25) is 0 Å². The predicted octanol–water partition coefficient (Wildman–Crippen LogP) is 0.510. The number of nitrogens with one attached hydrogen (secondary N) is 2. The van der Waals surface area contributed by atoms with Gasteiger partial charge in [-0.25, -0.2) is 17.9 Å². The number of amides is 2. The van der Waals surface area contributed by atoms with E-state index in [0.717, 1.165) is 0 Å². The first-order valence-corrected chi connectivity index (χ1v) is 8.16. The maximum Gasteiger partial charge on any atom is 0.317 e. The summed E-state index contributed by atoms with van der Waals surface area (Å²) in [4.78, 5) is 13.3. The molecule has 7 heteroatoms. The van der Waals surface area contributed by atoms with Crippen LogP contribution in [-0.4, -0.2) is 50.8 Å². The van der Waals surface area contributed by atoms with Crippen LogP contribution in [0, 0.1) is 0 Å². The maximum atomic E-state index is 11.6. The molecule has 0 bridgehead atoms. The van der Waals surface area contributed by atoms with Gasteiger partial charge in [-0.05, 0) is 26.2 Å². The molecule has 0 aliphatic carbocycles. The van der Waals surface area contributed by atoms with Crippen molar-refractivity contribution in [3.63, 3.8) is 0 Å². The Bertz CT molecular complexity index is 362. The van der Waals surface area contributed by atoms with E-state index in [0.29, 0.717) is 38.9 Å². The van der Waals surface area contributed by atoms with Gasteiger partial charge in [-0.15, -0.1) is 0 Å². The molecule has 0 aromatic carbocycles. The van der Waals surface area contributed by atoms with Gasteiger partial charge in [0.15, 0.2) is 0 Å². The van der Waals surface area contributed by atoms with Crippen molar-refractivity contribution >= 4 is 16.1 Å². The third-order valence-corrected chi connectivity index (χ3v) is 4.57. The standard InChI is InChI=1S/C11H23N3O3S/c1-3-9-18(16,17)13-10-5-7-14(8-6-10)11(15)12-4-2/h10,13H,3-9H2,1-2H3,(H,12,15). The van der Waals surface area contributed by atoms with E-state index < -0.39 is 10.0 Å². The van der Waals surface area contributed by atoms with Crippen LogP contribution in [0.5, 0.6) is 0 Å². The molecule has 1 fully saturated rings. The highest BCUT2D eigenvalue weighted by Gasteiger charge is 2.25. The Morgan fingerprint density at radius 2 is 1.89 bits per heavy atom. The third kappa shape index (κ3) is 4.81. The molecule has 0 saturated carbocycles. The molecule has 0 atom stereocenters. The molecule has 1 aliphatic heterocycles. The molecule has 1 saturated heterocycles. The van der Waals surface area contributed by atoms with Crippen molar-refractivity contribution in [3.05, 3.63) is 0 Å². The first-order valence-electron chi connectivity index (χ1n) is 6.51. The number of hydrogen-bond acceptors (Lipinski definition) is 3. The van der Waals surface area contributed by atoms with Crippen molar-refractivity contribution in [2.45, 2.75) is 39.2 Å². The fourth-order valence-corrected chi connectivity index (χ4v) is 3.44. The number of carbonyl (C=O) groups is 1. The van der Waals surface area contributed by atoms with Crippen LogP contribution in [0.15, 0.2) is 0 Å². The third-order valence-electron chi connectivity index (χ3n) is 2.93. The topological polar surface area (TPSA) is 78.5 Å². The van der Waals surface area contributed by atoms with Gasteiger partial charge in [0.2, 0.25) is 10.0 Å². The molecule has 2 amide bonds. The minimum atomic E-state index is -3.15. The minimum Gasteiger partial charge on any atom is -0.338 e. The van der Waals surface area contributed by atoms with Gasteiger partial charge in [-0.1, -0.05) is 6.92 Å². The molecule has 0 unspecified atom stereocenters. The van der Waals surface area contributed by atoms with Crippen LogP contribution in [-0.2, 0) is 10.0 Å². The average molecular weight is 277 g/mol. The van der Waals surface area contributed by atoms with Crippen molar-refractivity contribution in [2.75, 3.05) is 25.4 Å². The lowest BCUT2D eigenvalue weighted by molar-refractivity contribution is 0.180. The van der Waals surface area contributed by atoms with Crippen LogP contribution >= 0.6 is 0 Å². The van der Waals surface area contributed by atoms with Gasteiger partial charge in [0.1, 0.15) is 0 Å². The molecule has 0 aromatic heterocycles. The van der Waals surface area contributed by atoms with Crippen molar-refractivity contribution in [2.24, 2.45) is 0 Å². The van der Waals surface area contributed by atoms with Crippen LogP contribution in [0.1, 0.15) is 33.1 Å². The molecular formula is C11H23N3O3S. The zero-order valence-corrected chi connectivity index (χ0v) is 11.9. The van der Waals surface area contributed by atoms with E-state index >= 15 is 0 Å². The number of sulfonamides is 1. The van der Waals surface area contributed by atoms with Crippen LogP contribution in [0.2, 0.25) is 0 Å². The molecule has 0 radical (unpaired) electrons. The van der Waals surface area contributed by atoms with E-state index in [4.69, 9.17) is 0 Å². The Balaban J connectivity index is 2.38. The minimum absolute atomic E-state index is 0.0350. The second kappa shape index (κ2) is 6.94. The summed E-state index contributed by atoms with van der Waals surface area (Å²) in [6, 6.07) is -0.0976. The van der Waals surface area contributed by atoms with E-state index in [1.54, 1.807) is 4.90 Å². The molecule has 0 aromatic rings. The fourth-order valence-electron chi connectivity index (χ4n) is 2.05. The molecular weight excluding hydrogens is 254 g/mol. The van der Waals surface area contributed by atoms with Crippen LogP contribution < -0.4 is 10.0 Å². The lowest BCUT2D eigenvalue weighted by Gasteiger charge is -2.32. The smallest absolute Gasteiger partial charge is 0.317 e. The predicted molar refractivity (Wildman–Crippen MR) is 70.9 cm³/mol. The van der Waals surface area contributed by atoms with Gasteiger partial charge in [0.05, 0.1) is 5.75 Å².